The first-order chi connectivity index (χ1) is 15.8. The average Bonchev–Trinajstić information content (AvgIpc) is 3.37. The minimum atomic E-state index is -1.74. The highest BCUT2D eigenvalue weighted by Gasteiger charge is 2.31. The largest absolute Gasteiger partial charge is 0.478 e. The summed E-state index contributed by atoms with van der Waals surface area (Å²) in [6, 6.07) is 7.07. The smallest absolute Gasteiger partial charge is 0.394 e. The number of hydrogen-bond donors (Lipinski definition) is 5. The number of benzene rings is 1. The number of thiophene rings is 1. The van der Waals surface area contributed by atoms with E-state index in [1.54, 1.807) is 24.3 Å². The molecule has 0 radical (unpaired) electrons. The molecule has 1 atom stereocenters. The first-order valence-electron chi connectivity index (χ1n) is 9.68. The number of anilines is 1. The van der Waals surface area contributed by atoms with Crippen LogP contribution in [-0.2, 0) is 32.1 Å². The maximum atomic E-state index is 12.6. The number of nitrogens with one attached hydrogen (secondary N) is 3. The van der Waals surface area contributed by atoms with Crippen molar-refractivity contribution in [1.82, 2.24) is 10.3 Å². The number of aliphatic carboxylic acids is 1. The standard InChI is InChI=1S/C21H17N3O8S/c25-16(12-7-22-13-4-2-1-3-10(12)13)17(26)23-6-9-5-11-14(8-32-9)33-19(15(11)20(28)29)24-18(27)21(30)31/h1-4,7,9,22H,5-6,8H2,(H,23,26)(H,24,27)(H,28,29)(H,30,31). The van der Waals surface area contributed by atoms with Gasteiger partial charge in [-0.15, -0.1) is 11.3 Å². The molecule has 12 heteroatoms. The van der Waals surface area contributed by atoms with Gasteiger partial charge in [0.15, 0.2) is 0 Å². The molecule has 5 N–H and O–H groups in total. The van der Waals surface area contributed by atoms with Crippen LogP contribution in [0.2, 0.25) is 0 Å². The third kappa shape index (κ3) is 4.33. The van der Waals surface area contributed by atoms with Crippen LogP contribution in [0.3, 0.4) is 0 Å². The molecule has 2 amide bonds. The molecule has 1 aliphatic heterocycles. The second kappa shape index (κ2) is 8.84. The number of carbonyl (C=O) groups is 5. The molecule has 0 saturated heterocycles. The Kier molecular flexibility index (Phi) is 5.94. The number of rotatable bonds is 6. The predicted molar refractivity (Wildman–Crippen MR) is 115 cm³/mol. The van der Waals surface area contributed by atoms with Gasteiger partial charge in [0, 0.05) is 34.9 Å². The zero-order valence-corrected chi connectivity index (χ0v) is 17.7. The van der Waals surface area contributed by atoms with Crippen molar-refractivity contribution < 1.29 is 38.9 Å². The van der Waals surface area contributed by atoms with Crippen LogP contribution < -0.4 is 10.6 Å². The van der Waals surface area contributed by atoms with E-state index in [4.69, 9.17) is 9.84 Å². The van der Waals surface area contributed by atoms with E-state index in [-0.39, 0.29) is 35.7 Å². The third-order valence-electron chi connectivity index (χ3n) is 5.14. The fraction of sp³-hybridized carbons (Fsp3) is 0.190. The number of H-pyrrole nitrogens is 1. The average molecular weight is 471 g/mol. The van der Waals surface area contributed by atoms with Crippen molar-refractivity contribution in [3.63, 3.8) is 0 Å². The molecule has 0 aliphatic carbocycles. The molecule has 11 nitrogen and oxygen atoms in total. The zero-order chi connectivity index (χ0) is 23.7. The lowest BCUT2D eigenvalue weighted by Crippen LogP contribution is -2.39. The maximum absolute atomic E-state index is 12.6. The molecule has 0 spiro atoms. The number of hydrogen-bond acceptors (Lipinski definition) is 7. The minimum absolute atomic E-state index is 0.0140. The summed E-state index contributed by atoms with van der Waals surface area (Å²) < 4.78 is 5.65. The Balaban J connectivity index is 1.45. The molecule has 2 aromatic heterocycles. The summed E-state index contributed by atoms with van der Waals surface area (Å²) in [5.41, 5.74) is 1.14. The maximum Gasteiger partial charge on any atom is 0.394 e. The number of aromatic carboxylic acids is 1. The van der Waals surface area contributed by atoms with Crippen LogP contribution in [0.25, 0.3) is 10.9 Å². The SMILES string of the molecule is O=C(O)C(=O)Nc1sc2c(c1C(=O)O)CC(CNC(=O)C(=O)c1c[nH]c3ccccc13)OC2. The first kappa shape index (κ1) is 22.2. The summed E-state index contributed by atoms with van der Waals surface area (Å²) in [6.45, 7) is -0.0295. The third-order valence-corrected chi connectivity index (χ3v) is 6.26. The highest BCUT2D eigenvalue weighted by Crippen LogP contribution is 2.37. The van der Waals surface area contributed by atoms with Gasteiger partial charge in [0.05, 0.1) is 23.8 Å². The van der Waals surface area contributed by atoms with Gasteiger partial charge < -0.3 is 30.6 Å². The van der Waals surface area contributed by atoms with Crippen LogP contribution in [0.1, 0.15) is 31.2 Å². The second-order valence-corrected chi connectivity index (χ2v) is 8.30. The van der Waals surface area contributed by atoms with E-state index in [2.05, 4.69) is 15.6 Å². The minimum Gasteiger partial charge on any atom is -0.478 e. The van der Waals surface area contributed by atoms with Gasteiger partial charge in [-0.25, -0.2) is 9.59 Å². The molecule has 3 heterocycles. The fourth-order valence-corrected chi connectivity index (χ4v) is 4.73. The Labute approximate surface area is 189 Å². The van der Waals surface area contributed by atoms with Crippen LogP contribution in [0, 0.1) is 0 Å². The van der Waals surface area contributed by atoms with Gasteiger partial charge >= 0.3 is 17.8 Å². The Hall–Kier alpha value is -4.03. The van der Waals surface area contributed by atoms with Crippen molar-refractivity contribution in [2.24, 2.45) is 0 Å². The van der Waals surface area contributed by atoms with Gasteiger partial charge in [-0.05, 0) is 11.6 Å². The van der Waals surface area contributed by atoms with E-state index in [0.29, 0.717) is 15.8 Å². The van der Waals surface area contributed by atoms with Crippen LogP contribution in [0.4, 0.5) is 5.00 Å². The van der Waals surface area contributed by atoms with Crippen molar-refractivity contribution >= 4 is 56.8 Å². The topological polar surface area (TPSA) is 175 Å². The number of ether oxygens (including phenoxy) is 1. The lowest BCUT2D eigenvalue weighted by atomic mass is 10.0. The lowest BCUT2D eigenvalue weighted by Gasteiger charge is -2.23. The molecule has 1 aliphatic rings. The molecule has 1 aromatic carbocycles. The van der Waals surface area contributed by atoms with Gasteiger partial charge in [-0.2, -0.15) is 0 Å². The van der Waals surface area contributed by atoms with E-state index in [1.165, 1.54) is 6.20 Å². The van der Waals surface area contributed by atoms with Crippen molar-refractivity contribution in [2.75, 3.05) is 11.9 Å². The second-order valence-electron chi connectivity index (χ2n) is 7.20. The zero-order valence-electron chi connectivity index (χ0n) is 16.8. The molecule has 3 aromatic rings. The Bertz CT molecular complexity index is 1310. The number of fused-ring (bicyclic) bond motifs is 2. The number of para-hydroxylation sites is 1. The quantitative estimate of drug-likeness (QED) is 0.265. The Morgan fingerprint density at radius 2 is 1.88 bits per heavy atom. The normalized spacial score (nSPS) is 15.0. The number of carboxylic acid groups (broad SMARTS) is 2. The molecule has 1 unspecified atom stereocenters. The van der Waals surface area contributed by atoms with E-state index >= 15 is 0 Å². The van der Waals surface area contributed by atoms with Crippen molar-refractivity contribution in [3.8, 4) is 0 Å². The lowest BCUT2D eigenvalue weighted by molar-refractivity contribution is -0.147. The van der Waals surface area contributed by atoms with E-state index < -0.39 is 35.6 Å². The van der Waals surface area contributed by atoms with E-state index in [0.717, 1.165) is 16.9 Å². The number of ketones is 1. The van der Waals surface area contributed by atoms with E-state index in [9.17, 15) is 29.1 Å². The monoisotopic (exact) mass is 471 g/mol. The van der Waals surface area contributed by atoms with Gasteiger partial charge in [0.1, 0.15) is 5.00 Å². The van der Waals surface area contributed by atoms with Gasteiger partial charge in [-0.3, -0.25) is 14.4 Å². The number of carboxylic acids is 2. The first-order valence-corrected chi connectivity index (χ1v) is 10.5. The molecule has 33 heavy (non-hydrogen) atoms. The van der Waals surface area contributed by atoms with E-state index in [1.807, 2.05) is 0 Å². The Morgan fingerprint density at radius 3 is 2.61 bits per heavy atom. The van der Waals surface area contributed by atoms with Crippen LogP contribution >= 0.6 is 11.3 Å². The highest BCUT2D eigenvalue weighted by molar-refractivity contribution is 7.17. The van der Waals surface area contributed by atoms with Crippen molar-refractivity contribution in [3.05, 3.63) is 52.0 Å². The number of carbonyl (C=O) groups excluding carboxylic acids is 3. The predicted octanol–water partition coefficient (Wildman–Crippen LogP) is 1.39. The molecule has 170 valence electrons. The number of aromatic nitrogens is 1. The van der Waals surface area contributed by atoms with Crippen molar-refractivity contribution in [2.45, 2.75) is 19.1 Å². The highest BCUT2D eigenvalue weighted by atomic mass is 32.1. The summed E-state index contributed by atoms with van der Waals surface area (Å²) in [6.07, 6.45) is 0.943. The summed E-state index contributed by atoms with van der Waals surface area (Å²) in [5.74, 6) is -5.96. The molecule has 4 rings (SSSR count). The van der Waals surface area contributed by atoms with Crippen LogP contribution in [0.15, 0.2) is 30.5 Å². The van der Waals surface area contributed by atoms with Crippen molar-refractivity contribution in [1.29, 1.82) is 0 Å². The molecule has 0 saturated carbocycles. The van der Waals surface area contributed by atoms with Gasteiger partial charge in [0.25, 0.3) is 11.7 Å². The Morgan fingerprint density at radius 1 is 1.12 bits per heavy atom. The summed E-state index contributed by atoms with van der Waals surface area (Å²) in [7, 11) is 0. The summed E-state index contributed by atoms with van der Waals surface area (Å²) in [4.78, 5) is 62.5. The molecular formula is C21H17N3O8S. The van der Waals surface area contributed by atoms with Gasteiger partial charge in [-0.1, -0.05) is 18.2 Å². The fourth-order valence-electron chi connectivity index (χ4n) is 3.60. The molecular weight excluding hydrogens is 454 g/mol. The van der Waals surface area contributed by atoms with Crippen LogP contribution in [0.5, 0.6) is 0 Å². The number of amides is 2. The molecule has 0 fully saturated rings. The summed E-state index contributed by atoms with van der Waals surface area (Å²) >= 11 is 0.921. The molecule has 0 bridgehead atoms. The number of aromatic amines is 1. The van der Waals surface area contributed by atoms with Crippen LogP contribution in [-0.4, -0.2) is 57.4 Å². The summed E-state index contributed by atoms with van der Waals surface area (Å²) in [5, 5.41) is 23.5. The van der Waals surface area contributed by atoms with Gasteiger partial charge in [0.2, 0.25) is 0 Å². The number of Topliss-reactive ketones (excluding diaryl/α,β-unsaturated/α-hetero) is 1.